The summed E-state index contributed by atoms with van der Waals surface area (Å²) < 4.78 is 1.26. The SMILES string of the molecule is c1ccc2c(c1)Nc1ccccc1S2.c1ccc2scnc2c1. The monoisotopic (exact) mass is 334 g/mol. The van der Waals surface area contributed by atoms with E-state index in [0.717, 1.165) is 5.52 Å². The van der Waals surface area contributed by atoms with Crippen molar-refractivity contribution >= 4 is 44.7 Å². The van der Waals surface area contributed by atoms with Gasteiger partial charge in [0.1, 0.15) is 0 Å². The summed E-state index contributed by atoms with van der Waals surface area (Å²) in [5.41, 5.74) is 5.37. The van der Waals surface area contributed by atoms with Crippen LogP contribution in [0.4, 0.5) is 11.4 Å². The van der Waals surface area contributed by atoms with Crippen LogP contribution in [-0.2, 0) is 0 Å². The molecule has 0 amide bonds. The molecule has 1 N–H and O–H groups in total. The second-order valence-corrected chi connectivity index (χ2v) is 7.01. The van der Waals surface area contributed by atoms with Gasteiger partial charge in [-0.25, -0.2) is 4.98 Å². The molecule has 2 nitrogen and oxygen atoms in total. The smallest absolute Gasteiger partial charge is 0.0812 e. The number of thiazole rings is 1. The van der Waals surface area contributed by atoms with Gasteiger partial charge in [0.2, 0.25) is 0 Å². The first-order valence-corrected chi connectivity index (χ1v) is 9.01. The standard InChI is InChI=1S/C12H9NS.C7H5NS/c1-3-7-11-9(5-1)13-10-6-2-4-8-12(10)14-11;1-2-4-7-6(3-1)8-5-9-7/h1-8,13H;1-5H. The fourth-order valence-electron chi connectivity index (χ4n) is 2.38. The lowest BCUT2D eigenvalue weighted by atomic mass is 10.2. The molecule has 2 heterocycles. The van der Waals surface area contributed by atoms with E-state index in [2.05, 4.69) is 64.9 Å². The van der Waals surface area contributed by atoms with E-state index in [1.165, 1.54) is 25.9 Å². The lowest BCUT2D eigenvalue weighted by Gasteiger charge is -2.19. The van der Waals surface area contributed by atoms with Crippen molar-refractivity contribution in [3.63, 3.8) is 0 Å². The van der Waals surface area contributed by atoms with Gasteiger partial charge in [0, 0.05) is 9.79 Å². The summed E-state index contributed by atoms with van der Waals surface area (Å²) >= 11 is 3.50. The average Bonchev–Trinajstić information content (AvgIpc) is 3.09. The maximum Gasteiger partial charge on any atom is 0.0812 e. The van der Waals surface area contributed by atoms with Crippen LogP contribution < -0.4 is 5.32 Å². The Morgan fingerprint density at radius 3 is 2.00 bits per heavy atom. The zero-order valence-corrected chi connectivity index (χ0v) is 13.9. The molecule has 0 saturated carbocycles. The molecule has 0 aliphatic carbocycles. The van der Waals surface area contributed by atoms with Crippen LogP contribution >= 0.6 is 23.1 Å². The summed E-state index contributed by atoms with van der Waals surface area (Å²) in [5.74, 6) is 0. The summed E-state index contributed by atoms with van der Waals surface area (Å²) in [5, 5.41) is 3.42. The molecule has 23 heavy (non-hydrogen) atoms. The molecule has 0 atom stereocenters. The zero-order valence-electron chi connectivity index (χ0n) is 12.3. The highest BCUT2D eigenvalue weighted by atomic mass is 32.2. The van der Waals surface area contributed by atoms with Gasteiger partial charge in [0.15, 0.2) is 0 Å². The van der Waals surface area contributed by atoms with Gasteiger partial charge in [-0.3, -0.25) is 0 Å². The zero-order chi connectivity index (χ0) is 15.5. The lowest BCUT2D eigenvalue weighted by molar-refractivity contribution is 1.32. The van der Waals surface area contributed by atoms with Gasteiger partial charge < -0.3 is 5.32 Å². The van der Waals surface area contributed by atoms with Gasteiger partial charge in [0.25, 0.3) is 0 Å². The number of fused-ring (bicyclic) bond motifs is 3. The van der Waals surface area contributed by atoms with Crippen molar-refractivity contribution < 1.29 is 0 Å². The first-order chi connectivity index (χ1) is 11.4. The lowest BCUT2D eigenvalue weighted by Crippen LogP contribution is -1.98. The maximum atomic E-state index is 4.14. The highest BCUT2D eigenvalue weighted by Crippen LogP contribution is 2.43. The number of nitrogens with one attached hydrogen (secondary N) is 1. The molecule has 4 aromatic rings. The van der Waals surface area contributed by atoms with Crippen LogP contribution in [-0.4, -0.2) is 4.98 Å². The van der Waals surface area contributed by atoms with Crippen molar-refractivity contribution in [2.24, 2.45) is 0 Å². The third-order valence-electron chi connectivity index (χ3n) is 3.50. The van der Waals surface area contributed by atoms with E-state index in [4.69, 9.17) is 0 Å². The summed E-state index contributed by atoms with van der Waals surface area (Å²) in [4.78, 5) is 6.73. The molecule has 0 spiro atoms. The Bertz CT molecular complexity index is 829. The van der Waals surface area contributed by atoms with Crippen LogP contribution in [0, 0.1) is 0 Å². The number of nitrogens with zero attached hydrogens (tertiary/aromatic N) is 1. The minimum atomic E-state index is 1.10. The molecular formula is C19H14N2S2. The minimum Gasteiger partial charge on any atom is -0.354 e. The van der Waals surface area contributed by atoms with Crippen LogP contribution in [0.25, 0.3) is 10.2 Å². The van der Waals surface area contributed by atoms with Gasteiger partial charge in [-0.1, -0.05) is 48.2 Å². The highest BCUT2D eigenvalue weighted by Gasteiger charge is 2.13. The number of para-hydroxylation sites is 3. The molecule has 0 fully saturated rings. The van der Waals surface area contributed by atoms with Crippen LogP contribution in [0.1, 0.15) is 0 Å². The summed E-state index contributed by atoms with van der Waals surface area (Å²) in [6.45, 7) is 0. The van der Waals surface area contributed by atoms with Crippen molar-refractivity contribution in [3.8, 4) is 0 Å². The van der Waals surface area contributed by atoms with Gasteiger partial charge in [-0.15, -0.1) is 11.3 Å². The summed E-state index contributed by atoms with van der Waals surface area (Å²) in [6, 6.07) is 24.9. The molecule has 0 bridgehead atoms. The molecule has 5 rings (SSSR count). The van der Waals surface area contributed by atoms with E-state index in [1.807, 2.05) is 35.5 Å². The Morgan fingerprint density at radius 1 is 0.696 bits per heavy atom. The topological polar surface area (TPSA) is 24.9 Å². The fraction of sp³-hybridized carbons (Fsp3) is 0. The van der Waals surface area contributed by atoms with E-state index in [-0.39, 0.29) is 0 Å². The maximum absolute atomic E-state index is 4.14. The van der Waals surface area contributed by atoms with E-state index in [1.54, 1.807) is 11.3 Å². The van der Waals surface area contributed by atoms with E-state index in [0.29, 0.717) is 0 Å². The molecule has 1 aromatic heterocycles. The first kappa shape index (κ1) is 14.3. The number of anilines is 2. The number of hydrogen-bond acceptors (Lipinski definition) is 4. The molecule has 4 heteroatoms. The minimum absolute atomic E-state index is 1.10. The summed E-state index contributed by atoms with van der Waals surface area (Å²) in [6.07, 6.45) is 0. The van der Waals surface area contributed by atoms with Crippen molar-refractivity contribution in [3.05, 3.63) is 78.3 Å². The molecule has 1 aliphatic rings. The van der Waals surface area contributed by atoms with Crippen LogP contribution in [0.15, 0.2) is 88.1 Å². The van der Waals surface area contributed by atoms with Gasteiger partial charge in [0.05, 0.1) is 27.1 Å². The molecule has 1 aliphatic heterocycles. The van der Waals surface area contributed by atoms with E-state index >= 15 is 0 Å². The molecule has 0 radical (unpaired) electrons. The Kier molecular flexibility index (Phi) is 4.01. The highest BCUT2D eigenvalue weighted by molar-refractivity contribution is 7.99. The van der Waals surface area contributed by atoms with E-state index in [9.17, 15) is 0 Å². The van der Waals surface area contributed by atoms with Crippen molar-refractivity contribution in [1.29, 1.82) is 0 Å². The third-order valence-corrected chi connectivity index (χ3v) is 5.46. The van der Waals surface area contributed by atoms with Gasteiger partial charge >= 0.3 is 0 Å². The van der Waals surface area contributed by atoms with Crippen LogP contribution in [0.5, 0.6) is 0 Å². The first-order valence-electron chi connectivity index (χ1n) is 7.31. The molecule has 112 valence electrons. The number of benzene rings is 3. The Hall–Kier alpha value is -2.30. The van der Waals surface area contributed by atoms with Crippen molar-refractivity contribution in [2.45, 2.75) is 9.79 Å². The Balaban J connectivity index is 0.000000130. The predicted molar refractivity (Wildman–Crippen MR) is 99.9 cm³/mol. The van der Waals surface area contributed by atoms with Crippen molar-refractivity contribution in [1.82, 2.24) is 4.98 Å². The van der Waals surface area contributed by atoms with Crippen molar-refractivity contribution in [2.75, 3.05) is 5.32 Å². The quantitative estimate of drug-likeness (QED) is 0.365. The molecular weight excluding hydrogens is 320 g/mol. The third kappa shape index (κ3) is 3.09. The second-order valence-electron chi connectivity index (χ2n) is 5.04. The predicted octanol–water partition coefficient (Wildman–Crippen LogP) is 6.19. The van der Waals surface area contributed by atoms with Gasteiger partial charge in [-0.2, -0.15) is 0 Å². The summed E-state index contributed by atoms with van der Waals surface area (Å²) in [7, 11) is 0. The normalized spacial score (nSPS) is 11.7. The fourth-order valence-corrected chi connectivity index (χ4v) is 4.05. The number of rotatable bonds is 0. The second kappa shape index (κ2) is 6.44. The van der Waals surface area contributed by atoms with E-state index < -0.39 is 0 Å². The largest absolute Gasteiger partial charge is 0.354 e. The van der Waals surface area contributed by atoms with Crippen LogP contribution in [0.2, 0.25) is 0 Å². The molecule has 3 aromatic carbocycles. The van der Waals surface area contributed by atoms with Gasteiger partial charge in [-0.05, 0) is 36.4 Å². The molecule has 0 saturated heterocycles. The number of aromatic nitrogens is 1. The Labute approximate surface area is 143 Å². The average molecular weight is 334 g/mol. The van der Waals surface area contributed by atoms with Crippen LogP contribution in [0.3, 0.4) is 0 Å². The Morgan fingerprint density at radius 2 is 1.30 bits per heavy atom. The number of hydrogen-bond donors (Lipinski definition) is 1. The molecule has 0 unspecified atom stereocenters.